The van der Waals surface area contributed by atoms with Crippen LogP contribution in [0.15, 0.2) is 24.3 Å². The SMILES string of the molecule is CNCCC1CCN(CCOc2ccccc2OC)CC1.Cl. The molecular formula is C17H29ClN2O2. The Morgan fingerprint density at radius 1 is 1.18 bits per heavy atom. The van der Waals surface area contributed by atoms with E-state index in [-0.39, 0.29) is 12.4 Å². The van der Waals surface area contributed by atoms with Gasteiger partial charge in [0.2, 0.25) is 0 Å². The highest BCUT2D eigenvalue weighted by atomic mass is 35.5. The zero-order chi connectivity index (χ0) is 14.9. The molecule has 2 rings (SSSR count). The monoisotopic (exact) mass is 328 g/mol. The van der Waals surface area contributed by atoms with Gasteiger partial charge in [0.15, 0.2) is 11.5 Å². The maximum atomic E-state index is 5.85. The summed E-state index contributed by atoms with van der Waals surface area (Å²) in [6, 6.07) is 7.83. The number of benzene rings is 1. The first-order valence-corrected chi connectivity index (χ1v) is 7.96. The third-order valence-electron chi connectivity index (χ3n) is 4.24. The molecule has 0 unspecified atom stereocenters. The van der Waals surface area contributed by atoms with E-state index in [0.29, 0.717) is 0 Å². The lowest BCUT2D eigenvalue weighted by molar-refractivity contribution is 0.150. The zero-order valence-electron chi connectivity index (χ0n) is 13.7. The Balaban J connectivity index is 0.00000242. The van der Waals surface area contributed by atoms with E-state index in [1.165, 1.54) is 32.4 Å². The molecule has 0 radical (unpaired) electrons. The Morgan fingerprint density at radius 2 is 1.86 bits per heavy atom. The van der Waals surface area contributed by atoms with Gasteiger partial charge in [-0.25, -0.2) is 0 Å². The molecule has 4 nitrogen and oxygen atoms in total. The van der Waals surface area contributed by atoms with Crippen LogP contribution >= 0.6 is 12.4 Å². The van der Waals surface area contributed by atoms with E-state index < -0.39 is 0 Å². The molecule has 0 saturated carbocycles. The van der Waals surface area contributed by atoms with Crippen molar-refractivity contribution in [1.29, 1.82) is 0 Å². The van der Waals surface area contributed by atoms with E-state index in [1.54, 1.807) is 7.11 Å². The lowest BCUT2D eigenvalue weighted by Crippen LogP contribution is -2.37. The summed E-state index contributed by atoms with van der Waals surface area (Å²) < 4.78 is 11.1. The minimum Gasteiger partial charge on any atom is -0.493 e. The number of hydrogen-bond donors (Lipinski definition) is 1. The van der Waals surface area contributed by atoms with Crippen molar-refractivity contribution in [3.63, 3.8) is 0 Å². The molecule has 22 heavy (non-hydrogen) atoms. The first-order chi connectivity index (χ1) is 10.3. The smallest absolute Gasteiger partial charge is 0.161 e. The Labute approximate surface area is 140 Å². The van der Waals surface area contributed by atoms with Crippen LogP contribution < -0.4 is 14.8 Å². The largest absolute Gasteiger partial charge is 0.493 e. The van der Waals surface area contributed by atoms with E-state index in [0.717, 1.165) is 37.1 Å². The first-order valence-electron chi connectivity index (χ1n) is 7.96. The third kappa shape index (κ3) is 6.03. The average Bonchev–Trinajstić information content (AvgIpc) is 2.54. The van der Waals surface area contributed by atoms with E-state index in [1.807, 2.05) is 31.3 Å². The topological polar surface area (TPSA) is 33.7 Å². The van der Waals surface area contributed by atoms with Gasteiger partial charge in [0, 0.05) is 6.54 Å². The maximum absolute atomic E-state index is 5.85. The highest BCUT2D eigenvalue weighted by Gasteiger charge is 2.18. The summed E-state index contributed by atoms with van der Waals surface area (Å²) in [4.78, 5) is 2.51. The fourth-order valence-electron chi connectivity index (χ4n) is 2.87. The summed E-state index contributed by atoms with van der Waals surface area (Å²) in [6.45, 7) is 5.26. The Hall–Kier alpha value is -0.970. The number of nitrogens with zero attached hydrogens (tertiary/aromatic N) is 1. The van der Waals surface area contributed by atoms with Crippen LogP contribution in [0.4, 0.5) is 0 Å². The van der Waals surface area contributed by atoms with Gasteiger partial charge in [0.25, 0.3) is 0 Å². The van der Waals surface area contributed by atoms with Gasteiger partial charge in [-0.1, -0.05) is 12.1 Å². The van der Waals surface area contributed by atoms with Crippen molar-refractivity contribution in [2.24, 2.45) is 5.92 Å². The molecule has 1 fully saturated rings. The highest BCUT2D eigenvalue weighted by Crippen LogP contribution is 2.26. The lowest BCUT2D eigenvalue weighted by atomic mass is 9.93. The minimum absolute atomic E-state index is 0. The molecule has 0 amide bonds. The Morgan fingerprint density at radius 3 is 2.50 bits per heavy atom. The molecule has 0 spiro atoms. The summed E-state index contributed by atoms with van der Waals surface area (Å²) in [7, 11) is 3.71. The number of para-hydroxylation sites is 2. The van der Waals surface area contributed by atoms with Crippen LogP contribution in [0.3, 0.4) is 0 Å². The van der Waals surface area contributed by atoms with E-state index in [4.69, 9.17) is 9.47 Å². The highest BCUT2D eigenvalue weighted by molar-refractivity contribution is 5.85. The molecule has 1 aliphatic rings. The summed E-state index contributed by atoms with van der Waals surface area (Å²) in [5.41, 5.74) is 0. The number of ether oxygens (including phenoxy) is 2. The third-order valence-corrected chi connectivity index (χ3v) is 4.24. The fraction of sp³-hybridized carbons (Fsp3) is 0.647. The van der Waals surface area contributed by atoms with Crippen LogP contribution in [-0.4, -0.2) is 51.8 Å². The van der Waals surface area contributed by atoms with Crippen LogP contribution in [0.2, 0.25) is 0 Å². The molecule has 1 aromatic carbocycles. The predicted octanol–water partition coefficient (Wildman–Crippen LogP) is 2.82. The second kappa shape index (κ2) is 10.7. The van der Waals surface area contributed by atoms with Gasteiger partial charge >= 0.3 is 0 Å². The quantitative estimate of drug-likeness (QED) is 0.795. The number of hydrogen-bond acceptors (Lipinski definition) is 4. The van der Waals surface area contributed by atoms with Crippen molar-refractivity contribution >= 4 is 12.4 Å². The Bertz CT molecular complexity index is 409. The van der Waals surface area contributed by atoms with E-state index in [9.17, 15) is 0 Å². The summed E-state index contributed by atoms with van der Waals surface area (Å²) in [5.74, 6) is 2.54. The van der Waals surface area contributed by atoms with Crippen molar-refractivity contribution in [1.82, 2.24) is 10.2 Å². The van der Waals surface area contributed by atoms with Gasteiger partial charge in [-0.3, -0.25) is 4.90 Å². The van der Waals surface area contributed by atoms with Crippen LogP contribution in [0.5, 0.6) is 11.5 Å². The lowest BCUT2D eigenvalue weighted by Gasteiger charge is -2.31. The summed E-state index contributed by atoms with van der Waals surface area (Å²) in [5, 5.41) is 3.24. The normalized spacial score (nSPS) is 16.1. The summed E-state index contributed by atoms with van der Waals surface area (Å²) in [6.07, 6.45) is 3.94. The van der Waals surface area contributed by atoms with Gasteiger partial charge in [0.05, 0.1) is 7.11 Å². The second-order valence-corrected chi connectivity index (χ2v) is 5.68. The molecule has 1 aromatic rings. The van der Waals surface area contributed by atoms with Crippen molar-refractivity contribution in [2.45, 2.75) is 19.3 Å². The molecule has 1 heterocycles. The fourth-order valence-corrected chi connectivity index (χ4v) is 2.87. The maximum Gasteiger partial charge on any atom is 0.161 e. The van der Waals surface area contributed by atoms with Gasteiger partial charge in [0.1, 0.15) is 6.61 Å². The number of rotatable bonds is 8. The number of nitrogens with one attached hydrogen (secondary N) is 1. The molecule has 0 atom stereocenters. The molecule has 0 aromatic heterocycles. The van der Waals surface area contributed by atoms with Crippen molar-refractivity contribution in [3.8, 4) is 11.5 Å². The van der Waals surface area contributed by atoms with Crippen molar-refractivity contribution in [2.75, 3.05) is 46.9 Å². The zero-order valence-corrected chi connectivity index (χ0v) is 14.5. The Kier molecular flexibility index (Phi) is 9.28. The van der Waals surface area contributed by atoms with Gasteiger partial charge in [-0.05, 0) is 64.0 Å². The van der Waals surface area contributed by atoms with Gasteiger partial charge < -0.3 is 14.8 Å². The molecule has 5 heteroatoms. The second-order valence-electron chi connectivity index (χ2n) is 5.68. The van der Waals surface area contributed by atoms with E-state index in [2.05, 4.69) is 10.2 Å². The first kappa shape index (κ1) is 19.1. The molecule has 1 aliphatic heterocycles. The predicted molar refractivity (Wildman–Crippen MR) is 93.4 cm³/mol. The van der Waals surface area contributed by atoms with Crippen LogP contribution in [0.25, 0.3) is 0 Å². The van der Waals surface area contributed by atoms with Crippen molar-refractivity contribution in [3.05, 3.63) is 24.3 Å². The summed E-state index contributed by atoms with van der Waals surface area (Å²) >= 11 is 0. The van der Waals surface area contributed by atoms with Gasteiger partial charge in [-0.2, -0.15) is 0 Å². The minimum atomic E-state index is 0. The molecule has 0 aliphatic carbocycles. The van der Waals surface area contributed by atoms with E-state index >= 15 is 0 Å². The van der Waals surface area contributed by atoms with Crippen LogP contribution in [0, 0.1) is 5.92 Å². The average molecular weight is 329 g/mol. The van der Waals surface area contributed by atoms with Crippen LogP contribution in [0.1, 0.15) is 19.3 Å². The standard InChI is InChI=1S/C17H28N2O2.ClH/c1-18-10-7-15-8-11-19(12-9-15)13-14-21-17-6-4-3-5-16(17)20-2;/h3-6,15,18H,7-14H2,1-2H3;1H. The van der Waals surface area contributed by atoms with Crippen LogP contribution in [-0.2, 0) is 0 Å². The van der Waals surface area contributed by atoms with Gasteiger partial charge in [-0.15, -0.1) is 12.4 Å². The number of methoxy groups -OCH3 is 1. The molecule has 126 valence electrons. The van der Waals surface area contributed by atoms with Crippen molar-refractivity contribution < 1.29 is 9.47 Å². The molecule has 1 N–H and O–H groups in total. The number of piperidine rings is 1. The molecule has 0 bridgehead atoms. The number of halogens is 1. The number of likely N-dealkylation sites (tertiary alicyclic amines) is 1. The molecule has 1 saturated heterocycles. The molecular weight excluding hydrogens is 300 g/mol.